The lowest BCUT2D eigenvalue weighted by Crippen LogP contribution is -2.17. The number of carbonyl (C=O) groups excluding carboxylic acids is 1. The van der Waals surface area contributed by atoms with E-state index in [1.165, 1.54) is 0 Å². The summed E-state index contributed by atoms with van der Waals surface area (Å²) in [7, 11) is 0. The number of unbranched alkanes of at least 4 members (excludes halogenated alkanes) is 1. The summed E-state index contributed by atoms with van der Waals surface area (Å²) in [6, 6.07) is 0. The molecule has 2 unspecified atom stereocenters. The Bertz CT molecular complexity index is 102. The van der Waals surface area contributed by atoms with Crippen LogP contribution in [-0.2, 0) is 4.79 Å². The van der Waals surface area contributed by atoms with Crippen LogP contribution < -0.4 is 0 Å². The van der Waals surface area contributed by atoms with Crippen molar-refractivity contribution in [3.8, 4) is 0 Å². The first-order valence-corrected chi connectivity index (χ1v) is 4.34. The van der Waals surface area contributed by atoms with Gasteiger partial charge in [-0.15, -0.1) is 0 Å². The number of aliphatic hydroxyl groups is 1. The molecule has 0 heterocycles. The van der Waals surface area contributed by atoms with Crippen molar-refractivity contribution in [2.75, 3.05) is 0 Å². The van der Waals surface area contributed by atoms with Crippen LogP contribution in [0.1, 0.15) is 39.5 Å². The van der Waals surface area contributed by atoms with Crippen molar-refractivity contribution in [2.24, 2.45) is 5.92 Å². The quantitative estimate of drug-likeness (QED) is 0.598. The molecule has 1 N–H and O–H groups in total. The normalized spacial score (nSPS) is 15.9. The van der Waals surface area contributed by atoms with E-state index < -0.39 is 6.10 Å². The highest BCUT2D eigenvalue weighted by molar-refractivity contribution is 5.50. The molecule has 0 aromatic heterocycles. The minimum absolute atomic E-state index is 0.264. The molecule has 0 radical (unpaired) electrons. The third-order valence-corrected chi connectivity index (χ3v) is 2.01. The summed E-state index contributed by atoms with van der Waals surface area (Å²) >= 11 is 0. The molecule has 0 bridgehead atoms. The van der Waals surface area contributed by atoms with Crippen LogP contribution in [0, 0.1) is 5.92 Å². The first-order valence-electron chi connectivity index (χ1n) is 4.34. The minimum atomic E-state index is -0.431. The van der Waals surface area contributed by atoms with Crippen LogP contribution in [0.4, 0.5) is 0 Å². The zero-order chi connectivity index (χ0) is 8.69. The van der Waals surface area contributed by atoms with Crippen molar-refractivity contribution < 1.29 is 9.90 Å². The lowest BCUT2D eigenvalue weighted by Gasteiger charge is -2.15. The van der Waals surface area contributed by atoms with E-state index in [4.69, 9.17) is 0 Å². The Morgan fingerprint density at radius 2 is 2.18 bits per heavy atom. The summed E-state index contributed by atoms with van der Waals surface area (Å²) in [6.45, 7) is 4.11. The summed E-state index contributed by atoms with van der Waals surface area (Å²) in [5.74, 6) is 0.264. The average molecular weight is 158 g/mol. The van der Waals surface area contributed by atoms with Crippen molar-refractivity contribution >= 4 is 6.29 Å². The first-order chi connectivity index (χ1) is 5.22. The summed E-state index contributed by atoms with van der Waals surface area (Å²) in [5.41, 5.74) is 0. The molecule has 2 atom stereocenters. The molecule has 0 saturated heterocycles. The standard InChI is InChI=1S/C9H18O2/c1-3-4-5-8(2)9(11)6-7-10/h7-9,11H,3-6H2,1-2H3. The Kier molecular flexibility index (Phi) is 6.13. The van der Waals surface area contributed by atoms with Gasteiger partial charge in [-0.05, 0) is 12.3 Å². The van der Waals surface area contributed by atoms with Gasteiger partial charge in [-0.3, -0.25) is 0 Å². The molecular formula is C9H18O2. The predicted octanol–water partition coefficient (Wildman–Crippen LogP) is 1.76. The van der Waals surface area contributed by atoms with Gasteiger partial charge >= 0.3 is 0 Å². The summed E-state index contributed by atoms with van der Waals surface area (Å²) in [4.78, 5) is 10.0. The first kappa shape index (κ1) is 10.6. The highest BCUT2D eigenvalue weighted by atomic mass is 16.3. The van der Waals surface area contributed by atoms with E-state index in [1.54, 1.807) is 0 Å². The van der Waals surface area contributed by atoms with Crippen molar-refractivity contribution in [3.05, 3.63) is 0 Å². The average Bonchev–Trinajstić information content (AvgIpc) is 2.00. The van der Waals surface area contributed by atoms with Gasteiger partial charge in [-0.1, -0.05) is 26.7 Å². The summed E-state index contributed by atoms with van der Waals surface area (Å²) in [5, 5.41) is 9.31. The fourth-order valence-corrected chi connectivity index (χ4v) is 1.05. The maximum Gasteiger partial charge on any atom is 0.122 e. The Balaban J connectivity index is 3.45. The van der Waals surface area contributed by atoms with Gasteiger partial charge in [-0.25, -0.2) is 0 Å². The summed E-state index contributed by atoms with van der Waals surface area (Å²) < 4.78 is 0. The molecule has 0 aliphatic carbocycles. The Morgan fingerprint density at radius 3 is 2.64 bits per heavy atom. The van der Waals surface area contributed by atoms with Crippen LogP contribution in [-0.4, -0.2) is 17.5 Å². The van der Waals surface area contributed by atoms with Gasteiger partial charge in [0.2, 0.25) is 0 Å². The van der Waals surface area contributed by atoms with Crippen molar-refractivity contribution in [2.45, 2.75) is 45.6 Å². The van der Waals surface area contributed by atoms with E-state index in [0.717, 1.165) is 25.5 Å². The van der Waals surface area contributed by atoms with Crippen molar-refractivity contribution in [1.82, 2.24) is 0 Å². The maximum atomic E-state index is 10.0. The molecule has 0 spiro atoms. The highest BCUT2D eigenvalue weighted by Crippen LogP contribution is 2.13. The fraction of sp³-hybridized carbons (Fsp3) is 0.889. The third kappa shape index (κ3) is 4.96. The molecule has 0 rings (SSSR count). The second kappa shape index (κ2) is 6.35. The Morgan fingerprint density at radius 1 is 1.55 bits per heavy atom. The second-order valence-electron chi connectivity index (χ2n) is 3.09. The molecule has 0 aliphatic heterocycles. The molecule has 0 aromatic rings. The number of hydrogen-bond acceptors (Lipinski definition) is 2. The number of aldehydes is 1. The highest BCUT2D eigenvalue weighted by Gasteiger charge is 2.12. The topological polar surface area (TPSA) is 37.3 Å². The predicted molar refractivity (Wildman–Crippen MR) is 45.4 cm³/mol. The Labute approximate surface area is 68.6 Å². The molecule has 0 fully saturated rings. The zero-order valence-corrected chi connectivity index (χ0v) is 7.42. The molecule has 66 valence electrons. The summed E-state index contributed by atoms with van der Waals surface area (Å²) in [6.07, 6.45) is 3.94. The molecule has 11 heavy (non-hydrogen) atoms. The zero-order valence-electron chi connectivity index (χ0n) is 7.42. The molecule has 2 heteroatoms. The van der Waals surface area contributed by atoms with Crippen LogP contribution in [0.25, 0.3) is 0 Å². The second-order valence-corrected chi connectivity index (χ2v) is 3.09. The van der Waals surface area contributed by atoms with E-state index in [9.17, 15) is 9.90 Å². The molecule has 0 amide bonds. The van der Waals surface area contributed by atoms with Crippen LogP contribution in [0.15, 0.2) is 0 Å². The molecule has 2 nitrogen and oxygen atoms in total. The van der Waals surface area contributed by atoms with Crippen molar-refractivity contribution in [3.63, 3.8) is 0 Å². The maximum absolute atomic E-state index is 10.0. The van der Waals surface area contributed by atoms with Crippen LogP contribution in [0.2, 0.25) is 0 Å². The SMILES string of the molecule is CCCCC(C)C(O)CC=O. The van der Waals surface area contributed by atoms with Crippen molar-refractivity contribution in [1.29, 1.82) is 0 Å². The van der Waals surface area contributed by atoms with Gasteiger partial charge < -0.3 is 9.90 Å². The lowest BCUT2D eigenvalue weighted by atomic mass is 9.96. The van der Waals surface area contributed by atoms with Gasteiger partial charge in [0, 0.05) is 6.42 Å². The van der Waals surface area contributed by atoms with E-state index in [0.29, 0.717) is 0 Å². The van der Waals surface area contributed by atoms with Crippen LogP contribution >= 0.6 is 0 Å². The van der Waals surface area contributed by atoms with Crippen LogP contribution in [0.5, 0.6) is 0 Å². The van der Waals surface area contributed by atoms with Crippen LogP contribution in [0.3, 0.4) is 0 Å². The fourth-order valence-electron chi connectivity index (χ4n) is 1.05. The third-order valence-electron chi connectivity index (χ3n) is 2.01. The van der Waals surface area contributed by atoms with Gasteiger partial charge in [0.15, 0.2) is 0 Å². The number of rotatable bonds is 6. The van der Waals surface area contributed by atoms with Gasteiger partial charge in [-0.2, -0.15) is 0 Å². The molecule has 0 aliphatic rings. The van der Waals surface area contributed by atoms with E-state index in [-0.39, 0.29) is 12.3 Å². The van der Waals surface area contributed by atoms with E-state index in [2.05, 4.69) is 6.92 Å². The van der Waals surface area contributed by atoms with Gasteiger partial charge in [0.05, 0.1) is 6.10 Å². The molecular weight excluding hydrogens is 140 g/mol. The lowest BCUT2D eigenvalue weighted by molar-refractivity contribution is -0.110. The largest absolute Gasteiger partial charge is 0.392 e. The van der Waals surface area contributed by atoms with E-state index >= 15 is 0 Å². The number of carbonyl (C=O) groups is 1. The Hall–Kier alpha value is -0.370. The number of hydrogen-bond donors (Lipinski definition) is 1. The minimum Gasteiger partial charge on any atom is -0.392 e. The number of aliphatic hydroxyl groups excluding tert-OH is 1. The van der Waals surface area contributed by atoms with Gasteiger partial charge in [0.1, 0.15) is 6.29 Å². The van der Waals surface area contributed by atoms with E-state index in [1.807, 2.05) is 6.92 Å². The van der Waals surface area contributed by atoms with Gasteiger partial charge in [0.25, 0.3) is 0 Å². The molecule has 0 aromatic carbocycles. The smallest absolute Gasteiger partial charge is 0.122 e. The monoisotopic (exact) mass is 158 g/mol. The molecule has 0 saturated carbocycles.